The van der Waals surface area contributed by atoms with E-state index in [1.807, 2.05) is 42.5 Å². The number of hydrogen-bond donors (Lipinski definition) is 2. The van der Waals surface area contributed by atoms with Gasteiger partial charge >= 0.3 is 0 Å². The number of rotatable bonds is 4. The van der Waals surface area contributed by atoms with Crippen molar-refractivity contribution >= 4 is 5.69 Å². The molecule has 0 spiro atoms. The monoisotopic (exact) mass is 276 g/mol. The summed E-state index contributed by atoms with van der Waals surface area (Å²) in [6.45, 7) is 0. The van der Waals surface area contributed by atoms with Gasteiger partial charge in [-0.2, -0.15) is 0 Å². The van der Waals surface area contributed by atoms with E-state index < -0.39 is 0 Å². The Labute approximate surface area is 123 Å². The minimum absolute atomic E-state index is 0.0405. The lowest BCUT2D eigenvalue weighted by molar-refractivity contribution is 0.475. The first-order valence-corrected chi connectivity index (χ1v) is 6.83. The molecule has 1 unspecified atom stereocenters. The fraction of sp³-hybridized carbons (Fsp3) is 0.0556. The normalized spacial score (nSPS) is 11.8. The Bertz CT molecular complexity index is 642. The maximum Gasteiger partial charge on any atom is 0.115 e. The predicted octanol–water partition coefficient (Wildman–Crippen LogP) is 3.99. The zero-order valence-electron chi connectivity index (χ0n) is 11.5. The molecule has 0 aliphatic heterocycles. The van der Waals surface area contributed by atoms with Crippen LogP contribution in [0.3, 0.4) is 0 Å². The van der Waals surface area contributed by atoms with Gasteiger partial charge in [0.1, 0.15) is 5.75 Å². The van der Waals surface area contributed by atoms with Crippen molar-refractivity contribution in [3.05, 3.63) is 90.3 Å². The fourth-order valence-electron chi connectivity index (χ4n) is 2.28. The Balaban J connectivity index is 1.95. The molecule has 0 aliphatic rings. The largest absolute Gasteiger partial charge is 0.508 e. The van der Waals surface area contributed by atoms with Crippen LogP contribution < -0.4 is 5.32 Å². The molecule has 3 rings (SSSR count). The van der Waals surface area contributed by atoms with Crippen molar-refractivity contribution in [1.29, 1.82) is 0 Å². The first kappa shape index (κ1) is 13.2. The highest BCUT2D eigenvalue weighted by molar-refractivity contribution is 5.50. The number of hydrogen-bond acceptors (Lipinski definition) is 3. The zero-order chi connectivity index (χ0) is 14.5. The van der Waals surface area contributed by atoms with Gasteiger partial charge in [0.25, 0.3) is 0 Å². The van der Waals surface area contributed by atoms with Gasteiger partial charge in [0.05, 0.1) is 6.04 Å². The summed E-state index contributed by atoms with van der Waals surface area (Å²) in [7, 11) is 0. The molecule has 0 saturated carbocycles. The lowest BCUT2D eigenvalue weighted by Gasteiger charge is -2.21. The van der Waals surface area contributed by atoms with Gasteiger partial charge in [0.15, 0.2) is 0 Å². The molecular weight excluding hydrogens is 260 g/mol. The van der Waals surface area contributed by atoms with Crippen LogP contribution in [-0.4, -0.2) is 10.1 Å². The lowest BCUT2D eigenvalue weighted by atomic mass is 9.99. The number of nitrogens with one attached hydrogen (secondary N) is 1. The molecule has 0 fully saturated rings. The van der Waals surface area contributed by atoms with Gasteiger partial charge in [0.2, 0.25) is 0 Å². The van der Waals surface area contributed by atoms with Crippen molar-refractivity contribution in [2.24, 2.45) is 0 Å². The van der Waals surface area contributed by atoms with Crippen LogP contribution in [0.5, 0.6) is 5.75 Å². The first-order chi connectivity index (χ1) is 10.3. The lowest BCUT2D eigenvalue weighted by Crippen LogP contribution is -2.12. The zero-order valence-corrected chi connectivity index (χ0v) is 11.5. The number of pyridine rings is 1. The SMILES string of the molecule is Oc1ccc(NC(c2ccccc2)c2ccncc2)cc1. The highest BCUT2D eigenvalue weighted by Gasteiger charge is 2.13. The number of nitrogens with zero attached hydrogens (tertiary/aromatic N) is 1. The van der Waals surface area contributed by atoms with Gasteiger partial charge in [-0.15, -0.1) is 0 Å². The van der Waals surface area contributed by atoms with E-state index in [2.05, 4.69) is 22.4 Å². The third-order valence-corrected chi connectivity index (χ3v) is 3.35. The average Bonchev–Trinajstić information content (AvgIpc) is 2.56. The van der Waals surface area contributed by atoms with E-state index in [0.717, 1.165) is 11.3 Å². The van der Waals surface area contributed by atoms with Crippen LogP contribution in [0.25, 0.3) is 0 Å². The highest BCUT2D eigenvalue weighted by Crippen LogP contribution is 2.27. The van der Waals surface area contributed by atoms with Crippen molar-refractivity contribution in [2.45, 2.75) is 6.04 Å². The van der Waals surface area contributed by atoms with Crippen LogP contribution in [0.4, 0.5) is 5.69 Å². The minimum Gasteiger partial charge on any atom is -0.508 e. The summed E-state index contributed by atoms with van der Waals surface area (Å²) in [5, 5.41) is 12.9. The summed E-state index contributed by atoms with van der Waals surface area (Å²) in [6.07, 6.45) is 3.59. The number of anilines is 1. The summed E-state index contributed by atoms with van der Waals surface area (Å²) in [5.74, 6) is 0.265. The van der Waals surface area contributed by atoms with E-state index in [9.17, 15) is 5.11 Å². The molecular formula is C18H16N2O. The van der Waals surface area contributed by atoms with Crippen molar-refractivity contribution in [1.82, 2.24) is 4.98 Å². The van der Waals surface area contributed by atoms with Crippen molar-refractivity contribution in [2.75, 3.05) is 5.32 Å². The smallest absolute Gasteiger partial charge is 0.115 e. The molecule has 1 aromatic heterocycles. The molecule has 0 aliphatic carbocycles. The van der Waals surface area contributed by atoms with E-state index in [1.165, 1.54) is 5.56 Å². The third kappa shape index (κ3) is 3.20. The fourth-order valence-corrected chi connectivity index (χ4v) is 2.28. The van der Waals surface area contributed by atoms with E-state index in [4.69, 9.17) is 0 Å². The Morgan fingerprint density at radius 2 is 1.38 bits per heavy atom. The molecule has 0 amide bonds. The quantitative estimate of drug-likeness (QED) is 0.708. The average molecular weight is 276 g/mol. The molecule has 1 atom stereocenters. The van der Waals surface area contributed by atoms with Gasteiger partial charge in [-0.3, -0.25) is 4.98 Å². The molecule has 104 valence electrons. The molecule has 21 heavy (non-hydrogen) atoms. The van der Waals surface area contributed by atoms with Crippen LogP contribution in [0.1, 0.15) is 17.2 Å². The van der Waals surface area contributed by atoms with Gasteiger partial charge in [-0.1, -0.05) is 30.3 Å². The van der Waals surface area contributed by atoms with E-state index in [1.54, 1.807) is 24.5 Å². The van der Waals surface area contributed by atoms with E-state index >= 15 is 0 Å². The predicted molar refractivity (Wildman–Crippen MR) is 84.3 cm³/mol. The molecule has 0 radical (unpaired) electrons. The Morgan fingerprint density at radius 1 is 0.762 bits per heavy atom. The summed E-state index contributed by atoms with van der Waals surface area (Å²) in [6, 6.07) is 21.4. The molecule has 3 heteroatoms. The first-order valence-electron chi connectivity index (χ1n) is 6.83. The van der Waals surface area contributed by atoms with Crippen molar-refractivity contribution < 1.29 is 5.11 Å². The molecule has 0 bridgehead atoms. The summed E-state index contributed by atoms with van der Waals surface area (Å²) in [4.78, 5) is 4.08. The second-order valence-corrected chi connectivity index (χ2v) is 4.82. The summed E-state index contributed by atoms with van der Waals surface area (Å²) >= 11 is 0. The summed E-state index contributed by atoms with van der Waals surface area (Å²) in [5.41, 5.74) is 3.28. The molecule has 3 aromatic rings. The summed E-state index contributed by atoms with van der Waals surface area (Å²) < 4.78 is 0. The molecule has 2 N–H and O–H groups in total. The second kappa shape index (κ2) is 6.09. The van der Waals surface area contributed by atoms with Crippen LogP contribution in [0.2, 0.25) is 0 Å². The van der Waals surface area contributed by atoms with Crippen LogP contribution >= 0.6 is 0 Å². The minimum atomic E-state index is 0.0405. The van der Waals surface area contributed by atoms with Crippen LogP contribution in [0.15, 0.2) is 79.1 Å². The maximum absolute atomic E-state index is 9.39. The van der Waals surface area contributed by atoms with Gasteiger partial charge < -0.3 is 10.4 Å². The highest BCUT2D eigenvalue weighted by atomic mass is 16.3. The van der Waals surface area contributed by atoms with Crippen LogP contribution in [0, 0.1) is 0 Å². The molecule has 3 nitrogen and oxygen atoms in total. The molecule has 2 aromatic carbocycles. The number of phenolic OH excluding ortho intramolecular Hbond substituents is 1. The second-order valence-electron chi connectivity index (χ2n) is 4.82. The third-order valence-electron chi connectivity index (χ3n) is 3.35. The number of aromatic hydroxyl groups is 1. The van der Waals surface area contributed by atoms with E-state index in [0.29, 0.717) is 0 Å². The standard InChI is InChI=1S/C18H16N2O/c21-17-8-6-16(7-9-17)20-18(14-4-2-1-3-5-14)15-10-12-19-13-11-15/h1-13,18,20-21H. The number of aromatic nitrogens is 1. The van der Waals surface area contributed by atoms with Gasteiger partial charge in [0, 0.05) is 18.1 Å². The Hall–Kier alpha value is -2.81. The number of phenols is 1. The van der Waals surface area contributed by atoms with Crippen molar-refractivity contribution in [3.63, 3.8) is 0 Å². The molecule has 1 heterocycles. The van der Waals surface area contributed by atoms with Crippen molar-refractivity contribution in [3.8, 4) is 5.75 Å². The molecule has 0 saturated heterocycles. The number of benzene rings is 2. The Morgan fingerprint density at radius 3 is 2.05 bits per heavy atom. The van der Waals surface area contributed by atoms with Gasteiger partial charge in [-0.05, 0) is 47.5 Å². The Kier molecular flexibility index (Phi) is 3.83. The van der Waals surface area contributed by atoms with Crippen LogP contribution in [-0.2, 0) is 0 Å². The topological polar surface area (TPSA) is 45.1 Å². The van der Waals surface area contributed by atoms with Gasteiger partial charge in [-0.25, -0.2) is 0 Å². The van der Waals surface area contributed by atoms with E-state index in [-0.39, 0.29) is 11.8 Å². The maximum atomic E-state index is 9.39.